The maximum Gasteiger partial charge on any atom is 0.341 e. The van der Waals surface area contributed by atoms with E-state index in [1.165, 1.54) is 42.0 Å². The van der Waals surface area contributed by atoms with Gasteiger partial charge in [-0.2, -0.15) is 4.31 Å². The number of methoxy groups -OCH3 is 2. The second-order valence-electron chi connectivity index (χ2n) is 8.12. The number of nitrogens with zero attached hydrogens (tertiary/aromatic N) is 2. The van der Waals surface area contributed by atoms with Crippen LogP contribution in [0.5, 0.6) is 5.75 Å². The van der Waals surface area contributed by atoms with Crippen molar-refractivity contribution in [2.24, 2.45) is 0 Å². The van der Waals surface area contributed by atoms with Gasteiger partial charge in [0.15, 0.2) is 0 Å². The van der Waals surface area contributed by atoms with Crippen molar-refractivity contribution in [3.05, 3.63) is 65.5 Å². The Morgan fingerprint density at radius 1 is 0.972 bits per heavy atom. The fourth-order valence-corrected chi connectivity index (χ4v) is 6.37. The summed E-state index contributed by atoms with van der Waals surface area (Å²) in [6, 6.07) is 15.7. The van der Waals surface area contributed by atoms with Crippen molar-refractivity contribution in [2.45, 2.75) is 4.90 Å². The second kappa shape index (κ2) is 11.2. The average Bonchev–Trinajstić information content (AvgIpc) is 3.32. The van der Waals surface area contributed by atoms with Crippen molar-refractivity contribution < 1.29 is 27.5 Å². The van der Waals surface area contributed by atoms with Crippen molar-refractivity contribution in [3.8, 4) is 16.9 Å². The highest BCUT2D eigenvalue weighted by Crippen LogP contribution is 2.36. The number of hydrogen-bond acceptors (Lipinski definition) is 8. The Balaban J connectivity index is 1.38. The van der Waals surface area contributed by atoms with Crippen molar-refractivity contribution in [1.29, 1.82) is 0 Å². The number of sulfonamides is 1. The van der Waals surface area contributed by atoms with Crippen LogP contribution in [0.15, 0.2) is 64.9 Å². The summed E-state index contributed by atoms with van der Waals surface area (Å²) in [5.74, 6) is -0.224. The minimum absolute atomic E-state index is 0.0790. The Morgan fingerprint density at radius 3 is 2.25 bits per heavy atom. The van der Waals surface area contributed by atoms with Crippen molar-refractivity contribution in [2.75, 3.05) is 52.3 Å². The zero-order valence-electron chi connectivity index (χ0n) is 20.0. The third kappa shape index (κ3) is 5.59. The van der Waals surface area contributed by atoms with Crippen LogP contribution in [0.1, 0.15) is 10.4 Å². The highest BCUT2D eigenvalue weighted by Gasteiger charge is 2.29. The highest BCUT2D eigenvalue weighted by molar-refractivity contribution is 7.89. The lowest BCUT2D eigenvalue weighted by Crippen LogP contribution is -2.50. The molecule has 0 saturated carbocycles. The smallest absolute Gasteiger partial charge is 0.341 e. The molecular formula is C25H27N3O6S2. The van der Waals surface area contributed by atoms with Gasteiger partial charge in [-0.05, 0) is 29.8 Å². The number of carbonyl (C=O) groups is 2. The molecule has 0 unspecified atom stereocenters. The molecule has 0 aliphatic carbocycles. The van der Waals surface area contributed by atoms with Crippen LogP contribution in [0.3, 0.4) is 0 Å². The summed E-state index contributed by atoms with van der Waals surface area (Å²) < 4.78 is 37.4. The maximum atomic E-state index is 13.0. The van der Waals surface area contributed by atoms with Crippen LogP contribution in [-0.2, 0) is 19.6 Å². The minimum atomic E-state index is -3.63. The molecule has 1 aromatic heterocycles. The maximum absolute atomic E-state index is 13.0. The van der Waals surface area contributed by atoms with Crippen LogP contribution in [-0.4, -0.2) is 76.4 Å². The fraction of sp³-hybridized carbons (Fsp3) is 0.280. The summed E-state index contributed by atoms with van der Waals surface area (Å²) in [5.41, 5.74) is 1.86. The number of esters is 1. The zero-order valence-corrected chi connectivity index (χ0v) is 21.6. The van der Waals surface area contributed by atoms with E-state index in [2.05, 4.69) is 5.32 Å². The van der Waals surface area contributed by atoms with E-state index in [0.717, 1.165) is 5.56 Å². The number of piperazine rings is 1. The number of ether oxygens (including phenoxy) is 2. The van der Waals surface area contributed by atoms with E-state index in [9.17, 15) is 18.0 Å². The number of anilines is 1. The summed E-state index contributed by atoms with van der Waals surface area (Å²) in [5, 5.41) is 5.08. The van der Waals surface area contributed by atoms with Gasteiger partial charge >= 0.3 is 5.97 Å². The van der Waals surface area contributed by atoms with Crippen LogP contribution < -0.4 is 10.1 Å². The monoisotopic (exact) mass is 529 g/mol. The highest BCUT2D eigenvalue weighted by atomic mass is 32.2. The van der Waals surface area contributed by atoms with Crippen molar-refractivity contribution in [1.82, 2.24) is 9.21 Å². The summed E-state index contributed by atoms with van der Waals surface area (Å²) in [7, 11) is -0.799. The first-order chi connectivity index (χ1) is 17.3. The Bertz CT molecular complexity index is 1320. The predicted molar refractivity (Wildman–Crippen MR) is 138 cm³/mol. The molecule has 1 aliphatic rings. The topological polar surface area (TPSA) is 105 Å². The first-order valence-electron chi connectivity index (χ1n) is 11.2. The summed E-state index contributed by atoms with van der Waals surface area (Å²) in [4.78, 5) is 27.4. The van der Waals surface area contributed by atoms with Crippen LogP contribution in [0, 0.1) is 0 Å². The quantitative estimate of drug-likeness (QED) is 0.447. The molecule has 1 fully saturated rings. The molecule has 4 rings (SSSR count). The van der Waals surface area contributed by atoms with Crippen LogP contribution >= 0.6 is 11.3 Å². The van der Waals surface area contributed by atoms with Gasteiger partial charge in [0.05, 0.1) is 25.7 Å². The van der Waals surface area contributed by atoms with E-state index in [-0.39, 0.29) is 30.4 Å². The number of carbonyl (C=O) groups excluding carboxylic acids is 2. The minimum Gasteiger partial charge on any atom is -0.497 e. The fourth-order valence-electron chi connectivity index (χ4n) is 3.98. The van der Waals surface area contributed by atoms with Crippen LogP contribution in [0.25, 0.3) is 11.1 Å². The Hall–Kier alpha value is -3.25. The van der Waals surface area contributed by atoms with E-state index in [1.807, 2.05) is 40.6 Å². The molecule has 1 aliphatic heterocycles. The Labute approximate surface area is 214 Å². The van der Waals surface area contributed by atoms with Crippen molar-refractivity contribution >= 4 is 38.2 Å². The first kappa shape index (κ1) is 25.8. The molecule has 1 saturated heterocycles. The Morgan fingerprint density at radius 2 is 1.64 bits per heavy atom. The average molecular weight is 530 g/mol. The second-order valence-corrected chi connectivity index (χ2v) is 10.9. The van der Waals surface area contributed by atoms with Gasteiger partial charge in [-0.15, -0.1) is 11.3 Å². The number of amides is 1. The summed E-state index contributed by atoms with van der Waals surface area (Å²) >= 11 is 1.26. The van der Waals surface area contributed by atoms with Crippen molar-refractivity contribution in [3.63, 3.8) is 0 Å². The normalized spacial score (nSPS) is 14.8. The van der Waals surface area contributed by atoms with Gasteiger partial charge in [0, 0.05) is 37.1 Å². The van der Waals surface area contributed by atoms with Gasteiger partial charge in [0.2, 0.25) is 15.9 Å². The molecule has 1 amide bonds. The first-order valence-corrected chi connectivity index (χ1v) is 13.6. The molecule has 0 spiro atoms. The molecule has 36 heavy (non-hydrogen) atoms. The third-order valence-corrected chi connectivity index (χ3v) is 8.72. The molecule has 2 heterocycles. The number of rotatable bonds is 8. The largest absolute Gasteiger partial charge is 0.497 e. The van der Waals surface area contributed by atoms with Crippen LogP contribution in [0.2, 0.25) is 0 Å². The van der Waals surface area contributed by atoms with E-state index in [4.69, 9.17) is 9.47 Å². The molecule has 1 N–H and O–H groups in total. The molecular weight excluding hydrogens is 502 g/mol. The number of thiophene rings is 1. The number of benzene rings is 2. The van der Waals surface area contributed by atoms with E-state index in [0.29, 0.717) is 35.0 Å². The van der Waals surface area contributed by atoms with E-state index < -0.39 is 16.0 Å². The standard InChI is InChI=1S/C25H27N3O6S2/c1-33-19-8-10-20(11-9-19)36(31,32)28-14-12-27(13-15-28)16-22(29)26-24-23(25(30)34-2)21(17-35-24)18-6-4-3-5-7-18/h3-11,17H,12-16H2,1-2H3,(H,26,29). The third-order valence-electron chi connectivity index (χ3n) is 5.91. The summed E-state index contributed by atoms with van der Waals surface area (Å²) in [6.07, 6.45) is 0. The molecule has 9 nitrogen and oxygen atoms in total. The molecule has 11 heteroatoms. The van der Waals surface area contributed by atoms with Gasteiger partial charge in [-0.3, -0.25) is 9.69 Å². The molecule has 0 bridgehead atoms. The van der Waals surface area contributed by atoms with Gasteiger partial charge in [-0.25, -0.2) is 13.2 Å². The lowest BCUT2D eigenvalue weighted by atomic mass is 10.0. The zero-order chi connectivity index (χ0) is 25.7. The predicted octanol–water partition coefficient (Wildman–Crippen LogP) is 3.16. The van der Waals surface area contributed by atoms with Gasteiger partial charge < -0.3 is 14.8 Å². The Kier molecular flexibility index (Phi) is 8.04. The van der Waals surface area contributed by atoms with Crippen LogP contribution in [0.4, 0.5) is 5.00 Å². The number of nitrogens with one attached hydrogen (secondary N) is 1. The molecule has 0 radical (unpaired) electrons. The van der Waals surface area contributed by atoms with E-state index in [1.54, 1.807) is 12.1 Å². The van der Waals surface area contributed by atoms with E-state index >= 15 is 0 Å². The van der Waals surface area contributed by atoms with Gasteiger partial charge in [0.1, 0.15) is 16.3 Å². The van der Waals surface area contributed by atoms with Gasteiger partial charge in [0.25, 0.3) is 0 Å². The SMILES string of the molecule is COC(=O)c1c(-c2ccccc2)csc1NC(=O)CN1CCN(S(=O)(=O)c2ccc(OC)cc2)CC1. The molecule has 190 valence electrons. The number of hydrogen-bond donors (Lipinski definition) is 1. The van der Waals surface area contributed by atoms with Gasteiger partial charge in [-0.1, -0.05) is 30.3 Å². The molecule has 2 aromatic carbocycles. The summed E-state index contributed by atoms with van der Waals surface area (Å²) in [6.45, 7) is 1.44. The molecule has 3 aromatic rings. The molecule has 0 atom stereocenters. The lowest BCUT2D eigenvalue weighted by molar-refractivity contribution is -0.117. The lowest BCUT2D eigenvalue weighted by Gasteiger charge is -2.33.